The third-order valence-corrected chi connectivity index (χ3v) is 5.60. The lowest BCUT2D eigenvalue weighted by molar-refractivity contribution is -0.116. The van der Waals surface area contributed by atoms with E-state index in [1.165, 1.54) is 0 Å². The summed E-state index contributed by atoms with van der Waals surface area (Å²) in [4.78, 5) is 13.5. The zero-order valence-corrected chi connectivity index (χ0v) is 17.3. The average Bonchev–Trinajstić information content (AvgIpc) is 3.25. The fraction of sp³-hybridized carbons (Fsp3) is 0.318. The van der Waals surface area contributed by atoms with Gasteiger partial charge in [0.25, 0.3) is 0 Å². The maximum absolute atomic E-state index is 12.4. The van der Waals surface area contributed by atoms with Crippen LogP contribution in [0.1, 0.15) is 41.2 Å². The lowest BCUT2D eigenvalue weighted by Crippen LogP contribution is -2.20. The first-order valence-electron chi connectivity index (χ1n) is 9.07. The summed E-state index contributed by atoms with van der Waals surface area (Å²) >= 11 is 1.63. The van der Waals surface area contributed by atoms with Crippen LogP contribution in [0.5, 0.6) is 5.75 Å². The number of benzene rings is 1. The van der Waals surface area contributed by atoms with Gasteiger partial charge in [0, 0.05) is 27.5 Å². The molecule has 0 radical (unpaired) electrons. The van der Waals surface area contributed by atoms with Crippen LogP contribution in [-0.4, -0.2) is 12.5 Å². The van der Waals surface area contributed by atoms with Crippen LogP contribution in [0.4, 0.5) is 0 Å². The van der Waals surface area contributed by atoms with Gasteiger partial charge in [0.15, 0.2) is 0 Å². The summed E-state index contributed by atoms with van der Waals surface area (Å²) in [6.45, 7) is 11.0. The third kappa shape index (κ3) is 3.93. The van der Waals surface area contributed by atoms with Crippen molar-refractivity contribution in [1.82, 2.24) is 5.32 Å². The highest BCUT2D eigenvalue weighted by Crippen LogP contribution is 2.38. The fourth-order valence-corrected chi connectivity index (χ4v) is 3.79. The molecule has 142 valence electrons. The Bertz CT molecular complexity index is 997. The van der Waals surface area contributed by atoms with Crippen LogP contribution >= 0.6 is 11.3 Å². The second-order valence-corrected chi connectivity index (χ2v) is 7.63. The van der Waals surface area contributed by atoms with Gasteiger partial charge in [-0.15, -0.1) is 11.3 Å². The Morgan fingerprint density at radius 1 is 1.30 bits per heavy atom. The summed E-state index contributed by atoms with van der Waals surface area (Å²) < 4.78 is 11.9. The molecule has 5 heteroatoms. The number of carbonyl (C=O) groups is 1. The van der Waals surface area contributed by atoms with E-state index in [1.807, 2.05) is 45.2 Å². The minimum absolute atomic E-state index is 0.110. The molecule has 0 aliphatic rings. The Labute approximate surface area is 163 Å². The summed E-state index contributed by atoms with van der Waals surface area (Å²) in [5.74, 6) is 1.57. The van der Waals surface area contributed by atoms with Crippen molar-refractivity contribution in [3.63, 3.8) is 0 Å². The molecule has 0 bridgehead atoms. The van der Waals surface area contributed by atoms with Crippen LogP contribution in [0.25, 0.3) is 16.5 Å². The second-order valence-electron chi connectivity index (χ2n) is 6.60. The standard InChI is InChI=1S/C22H25NO3S/c1-6-25-21-15(4)22-19(14(3)16(5)26-22)11-18(21)13(2)10-20(24)23-12-17-8-7-9-27-17/h7-11H,6,12H2,1-5H3,(H,23,24)/b13-10+. The number of hydrogen-bond acceptors (Lipinski definition) is 4. The summed E-state index contributed by atoms with van der Waals surface area (Å²) in [7, 11) is 0. The van der Waals surface area contributed by atoms with E-state index in [4.69, 9.17) is 9.15 Å². The molecule has 1 aromatic carbocycles. The maximum Gasteiger partial charge on any atom is 0.244 e. The van der Waals surface area contributed by atoms with E-state index in [2.05, 4.69) is 18.3 Å². The first-order chi connectivity index (χ1) is 12.9. The van der Waals surface area contributed by atoms with E-state index in [1.54, 1.807) is 17.4 Å². The number of ether oxygens (including phenoxy) is 1. The largest absolute Gasteiger partial charge is 0.493 e. The molecule has 0 unspecified atom stereocenters. The minimum atomic E-state index is -0.110. The predicted octanol–water partition coefficient (Wildman–Crippen LogP) is 5.54. The molecule has 0 aliphatic heterocycles. The SMILES string of the molecule is CCOc1c(/C(C)=C/C(=O)NCc2cccs2)cc2c(C)c(C)oc2c1C. The molecular weight excluding hydrogens is 358 g/mol. The third-order valence-electron chi connectivity index (χ3n) is 4.72. The minimum Gasteiger partial charge on any atom is -0.493 e. The molecule has 0 atom stereocenters. The smallest absolute Gasteiger partial charge is 0.244 e. The van der Waals surface area contributed by atoms with E-state index in [-0.39, 0.29) is 5.91 Å². The van der Waals surface area contributed by atoms with Gasteiger partial charge < -0.3 is 14.5 Å². The highest BCUT2D eigenvalue weighted by molar-refractivity contribution is 7.09. The zero-order valence-electron chi connectivity index (χ0n) is 16.4. The van der Waals surface area contributed by atoms with E-state index in [0.29, 0.717) is 13.2 Å². The molecule has 2 heterocycles. The second kappa shape index (κ2) is 8.01. The Balaban J connectivity index is 1.96. The van der Waals surface area contributed by atoms with Gasteiger partial charge in [0.2, 0.25) is 5.91 Å². The highest BCUT2D eigenvalue weighted by atomic mass is 32.1. The van der Waals surface area contributed by atoms with Gasteiger partial charge in [-0.05, 0) is 63.3 Å². The van der Waals surface area contributed by atoms with Crippen molar-refractivity contribution < 1.29 is 13.9 Å². The zero-order chi connectivity index (χ0) is 19.6. The van der Waals surface area contributed by atoms with Crippen molar-refractivity contribution in [1.29, 1.82) is 0 Å². The van der Waals surface area contributed by atoms with E-state index in [9.17, 15) is 4.79 Å². The Hall–Kier alpha value is -2.53. The number of nitrogens with one attached hydrogen (secondary N) is 1. The van der Waals surface area contributed by atoms with E-state index >= 15 is 0 Å². The molecule has 0 fully saturated rings. The van der Waals surface area contributed by atoms with Crippen molar-refractivity contribution in [2.24, 2.45) is 0 Å². The molecule has 0 aliphatic carbocycles. The highest BCUT2D eigenvalue weighted by Gasteiger charge is 2.18. The van der Waals surface area contributed by atoms with Gasteiger partial charge in [-0.3, -0.25) is 4.79 Å². The summed E-state index contributed by atoms with van der Waals surface area (Å²) in [5, 5.41) is 6.01. The van der Waals surface area contributed by atoms with Crippen LogP contribution in [0.15, 0.2) is 34.1 Å². The predicted molar refractivity (Wildman–Crippen MR) is 111 cm³/mol. The van der Waals surface area contributed by atoms with E-state index < -0.39 is 0 Å². The molecule has 2 aromatic heterocycles. The van der Waals surface area contributed by atoms with Crippen molar-refractivity contribution >= 4 is 33.8 Å². The number of aryl methyl sites for hydroxylation is 3. The molecule has 4 nitrogen and oxygen atoms in total. The Morgan fingerprint density at radius 2 is 2.07 bits per heavy atom. The lowest BCUT2D eigenvalue weighted by atomic mass is 9.98. The Morgan fingerprint density at radius 3 is 2.74 bits per heavy atom. The first-order valence-corrected chi connectivity index (χ1v) is 9.95. The average molecular weight is 384 g/mol. The van der Waals surface area contributed by atoms with Crippen LogP contribution in [0, 0.1) is 20.8 Å². The number of rotatable bonds is 6. The number of allylic oxidation sites excluding steroid dienone is 1. The number of furan rings is 1. The van der Waals surface area contributed by atoms with Crippen molar-refractivity contribution in [3.8, 4) is 5.75 Å². The quantitative estimate of drug-likeness (QED) is 0.569. The van der Waals surface area contributed by atoms with Crippen molar-refractivity contribution in [2.75, 3.05) is 6.61 Å². The molecule has 0 saturated heterocycles. The Kier molecular flexibility index (Phi) is 5.71. The van der Waals surface area contributed by atoms with Crippen molar-refractivity contribution in [2.45, 2.75) is 41.2 Å². The van der Waals surface area contributed by atoms with Crippen LogP contribution in [-0.2, 0) is 11.3 Å². The number of carbonyl (C=O) groups excluding carboxylic acids is 1. The molecule has 3 aromatic rings. The van der Waals surface area contributed by atoms with Crippen molar-refractivity contribution in [3.05, 3.63) is 57.0 Å². The van der Waals surface area contributed by atoms with Gasteiger partial charge in [0.05, 0.1) is 13.2 Å². The van der Waals surface area contributed by atoms with Gasteiger partial charge in [0.1, 0.15) is 17.1 Å². The molecule has 27 heavy (non-hydrogen) atoms. The molecule has 1 amide bonds. The molecule has 1 N–H and O–H groups in total. The number of fused-ring (bicyclic) bond motifs is 1. The summed E-state index contributed by atoms with van der Waals surface area (Å²) in [6, 6.07) is 6.06. The number of thiophene rings is 1. The first kappa shape index (κ1) is 19.2. The van der Waals surface area contributed by atoms with Crippen LogP contribution in [0.2, 0.25) is 0 Å². The lowest BCUT2D eigenvalue weighted by Gasteiger charge is -2.14. The fourth-order valence-electron chi connectivity index (χ4n) is 3.15. The number of hydrogen-bond donors (Lipinski definition) is 1. The summed E-state index contributed by atoms with van der Waals surface area (Å²) in [6.07, 6.45) is 1.64. The van der Waals surface area contributed by atoms with E-state index in [0.717, 1.165) is 49.6 Å². The van der Waals surface area contributed by atoms with Crippen LogP contribution < -0.4 is 10.1 Å². The number of amides is 1. The van der Waals surface area contributed by atoms with Crippen LogP contribution in [0.3, 0.4) is 0 Å². The topological polar surface area (TPSA) is 51.5 Å². The monoisotopic (exact) mass is 383 g/mol. The summed E-state index contributed by atoms with van der Waals surface area (Å²) in [5.41, 5.74) is 4.73. The van der Waals surface area contributed by atoms with Gasteiger partial charge in [-0.2, -0.15) is 0 Å². The normalized spacial score (nSPS) is 11.8. The van der Waals surface area contributed by atoms with Gasteiger partial charge >= 0.3 is 0 Å². The molecule has 0 spiro atoms. The molecule has 3 rings (SSSR count). The van der Waals surface area contributed by atoms with Gasteiger partial charge in [-0.25, -0.2) is 0 Å². The van der Waals surface area contributed by atoms with Gasteiger partial charge in [-0.1, -0.05) is 6.07 Å². The molecule has 0 saturated carbocycles. The maximum atomic E-state index is 12.4. The molecular formula is C22H25NO3S.